The van der Waals surface area contributed by atoms with Crippen molar-refractivity contribution in [3.05, 3.63) is 15.8 Å². The lowest BCUT2D eigenvalue weighted by molar-refractivity contribution is 0.0702. The maximum absolute atomic E-state index is 12.2. The van der Waals surface area contributed by atoms with E-state index in [1.807, 2.05) is 20.8 Å². The number of rotatable bonds is 1. The van der Waals surface area contributed by atoms with Crippen LogP contribution in [0, 0.1) is 0 Å². The average molecular weight is 275 g/mol. The van der Waals surface area contributed by atoms with Gasteiger partial charge < -0.3 is 5.11 Å². The fourth-order valence-corrected chi connectivity index (χ4v) is 5.13. The van der Waals surface area contributed by atoms with Crippen molar-refractivity contribution >= 4 is 27.3 Å². The molecule has 7 heteroatoms. The Morgan fingerprint density at radius 2 is 2.06 bits per heavy atom. The van der Waals surface area contributed by atoms with Gasteiger partial charge in [-0.25, -0.2) is 13.2 Å². The van der Waals surface area contributed by atoms with Gasteiger partial charge in [-0.15, -0.1) is 11.3 Å². The largest absolute Gasteiger partial charge is 0.477 e. The molecule has 5 nitrogen and oxygen atoms in total. The van der Waals surface area contributed by atoms with Crippen LogP contribution in [-0.2, 0) is 16.6 Å². The van der Waals surface area contributed by atoms with Crippen LogP contribution in [0.25, 0.3) is 0 Å². The minimum atomic E-state index is -3.54. The number of sulfonamides is 1. The molecule has 0 aromatic carbocycles. The number of thiophene rings is 1. The minimum absolute atomic E-state index is 0.0761. The highest BCUT2D eigenvalue weighted by molar-refractivity contribution is 7.89. The third-order valence-corrected chi connectivity index (χ3v) is 6.00. The number of hydrogen-bond acceptors (Lipinski definition) is 4. The number of fused-ring (bicyclic) bond motifs is 1. The Morgan fingerprint density at radius 1 is 1.47 bits per heavy atom. The van der Waals surface area contributed by atoms with Gasteiger partial charge in [-0.2, -0.15) is 4.31 Å². The molecule has 2 rings (SSSR count). The molecule has 1 aliphatic rings. The number of carboxylic acid groups (broad SMARTS) is 1. The monoisotopic (exact) mass is 275 g/mol. The number of carbonyl (C=O) groups is 1. The zero-order chi connectivity index (χ0) is 13.0. The van der Waals surface area contributed by atoms with Crippen molar-refractivity contribution in [2.75, 3.05) is 0 Å². The van der Waals surface area contributed by atoms with Gasteiger partial charge in [0.15, 0.2) is 0 Å². The molecule has 0 fully saturated rings. The summed E-state index contributed by atoms with van der Waals surface area (Å²) in [5, 5.41) is 8.84. The topological polar surface area (TPSA) is 74.7 Å². The van der Waals surface area contributed by atoms with Crippen molar-refractivity contribution in [3.8, 4) is 0 Å². The third-order valence-electron chi connectivity index (χ3n) is 2.58. The molecule has 2 heterocycles. The Balaban J connectivity index is 2.52. The van der Waals surface area contributed by atoms with Crippen LogP contribution < -0.4 is 0 Å². The van der Waals surface area contributed by atoms with E-state index in [1.54, 1.807) is 0 Å². The molecule has 0 amide bonds. The lowest BCUT2D eigenvalue weighted by atomic mass is 10.1. The summed E-state index contributed by atoms with van der Waals surface area (Å²) in [7, 11) is -3.54. The van der Waals surface area contributed by atoms with Crippen molar-refractivity contribution < 1.29 is 18.3 Å². The average Bonchev–Trinajstić information content (AvgIpc) is 2.63. The summed E-state index contributed by atoms with van der Waals surface area (Å²) in [6.07, 6.45) is 0. The Morgan fingerprint density at radius 3 is 2.47 bits per heavy atom. The molecule has 1 aliphatic heterocycles. The Labute approximate surface area is 104 Å². The van der Waals surface area contributed by atoms with Crippen LogP contribution in [-0.4, -0.2) is 29.3 Å². The maximum Gasteiger partial charge on any atom is 0.345 e. The van der Waals surface area contributed by atoms with Gasteiger partial charge in [-0.3, -0.25) is 0 Å². The molecule has 0 unspecified atom stereocenters. The SMILES string of the molecule is CC(C)(C)N1Cc2sc(C(=O)O)cc2S1(=O)=O. The van der Waals surface area contributed by atoms with E-state index in [-0.39, 0.29) is 16.3 Å². The van der Waals surface area contributed by atoms with E-state index in [0.29, 0.717) is 4.88 Å². The standard InChI is InChI=1S/C10H13NO4S2/c1-10(2,3)11-5-7-8(17(11,14)15)4-6(16-7)9(12)13/h4H,5H2,1-3H3,(H,12,13). The highest BCUT2D eigenvalue weighted by Gasteiger charge is 2.43. The van der Waals surface area contributed by atoms with E-state index >= 15 is 0 Å². The molecule has 0 aliphatic carbocycles. The molecule has 0 atom stereocenters. The Bertz CT molecular complexity index is 580. The van der Waals surface area contributed by atoms with E-state index in [4.69, 9.17) is 5.11 Å². The minimum Gasteiger partial charge on any atom is -0.477 e. The van der Waals surface area contributed by atoms with Gasteiger partial charge in [0.1, 0.15) is 4.88 Å². The fraction of sp³-hybridized carbons (Fsp3) is 0.500. The number of aromatic carboxylic acids is 1. The summed E-state index contributed by atoms with van der Waals surface area (Å²) in [4.78, 5) is 11.6. The van der Waals surface area contributed by atoms with Crippen molar-refractivity contribution in [2.24, 2.45) is 0 Å². The lowest BCUT2D eigenvalue weighted by Crippen LogP contribution is -2.41. The van der Waals surface area contributed by atoms with Crippen LogP contribution >= 0.6 is 11.3 Å². The summed E-state index contributed by atoms with van der Waals surface area (Å²) in [5.41, 5.74) is -0.499. The summed E-state index contributed by atoms with van der Waals surface area (Å²) < 4.78 is 25.8. The molecule has 1 aromatic heterocycles. The summed E-state index contributed by atoms with van der Waals surface area (Å²) in [6, 6.07) is 1.25. The first-order chi connectivity index (χ1) is 7.64. The molecule has 0 radical (unpaired) electrons. The maximum atomic E-state index is 12.2. The van der Waals surface area contributed by atoms with Crippen LogP contribution in [0.3, 0.4) is 0 Å². The first-order valence-corrected chi connectivity index (χ1v) is 7.28. The van der Waals surface area contributed by atoms with Crippen molar-refractivity contribution in [3.63, 3.8) is 0 Å². The van der Waals surface area contributed by atoms with Gasteiger partial charge >= 0.3 is 5.97 Å². The van der Waals surface area contributed by atoms with Gasteiger partial charge in [0.25, 0.3) is 0 Å². The van der Waals surface area contributed by atoms with Crippen molar-refractivity contribution in [1.29, 1.82) is 0 Å². The summed E-state index contributed by atoms with van der Waals surface area (Å²) in [5.74, 6) is -1.08. The van der Waals surface area contributed by atoms with Crippen LogP contribution in [0.5, 0.6) is 0 Å². The first-order valence-electron chi connectivity index (χ1n) is 5.03. The second-order valence-electron chi connectivity index (χ2n) is 4.89. The van der Waals surface area contributed by atoms with Gasteiger partial charge in [0, 0.05) is 10.4 Å². The third kappa shape index (κ3) is 1.88. The van der Waals surface area contributed by atoms with E-state index in [9.17, 15) is 13.2 Å². The Kier molecular flexibility index (Phi) is 2.61. The summed E-state index contributed by atoms with van der Waals surface area (Å²) >= 11 is 1.03. The molecule has 1 aromatic rings. The van der Waals surface area contributed by atoms with Crippen LogP contribution in [0.2, 0.25) is 0 Å². The molecule has 94 valence electrons. The van der Waals surface area contributed by atoms with E-state index < -0.39 is 21.5 Å². The van der Waals surface area contributed by atoms with Gasteiger partial charge in [0.2, 0.25) is 10.0 Å². The Hall–Kier alpha value is -0.920. The van der Waals surface area contributed by atoms with Crippen LogP contribution in [0.15, 0.2) is 11.0 Å². The molecule has 0 spiro atoms. The lowest BCUT2D eigenvalue weighted by Gasteiger charge is -2.29. The predicted molar refractivity (Wildman–Crippen MR) is 63.8 cm³/mol. The normalized spacial score (nSPS) is 19.2. The van der Waals surface area contributed by atoms with Gasteiger partial charge in [-0.1, -0.05) is 0 Å². The molecular formula is C10H13NO4S2. The number of nitrogens with zero attached hydrogens (tertiary/aromatic N) is 1. The number of carboxylic acids is 1. The molecular weight excluding hydrogens is 262 g/mol. The highest BCUT2D eigenvalue weighted by atomic mass is 32.2. The zero-order valence-electron chi connectivity index (χ0n) is 9.72. The molecule has 17 heavy (non-hydrogen) atoms. The van der Waals surface area contributed by atoms with Crippen molar-refractivity contribution in [1.82, 2.24) is 4.31 Å². The van der Waals surface area contributed by atoms with Gasteiger partial charge in [0.05, 0.1) is 11.4 Å². The zero-order valence-corrected chi connectivity index (χ0v) is 11.4. The molecule has 0 saturated heterocycles. The van der Waals surface area contributed by atoms with Crippen LogP contribution in [0.4, 0.5) is 0 Å². The van der Waals surface area contributed by atoms with E-state index in [0.717, 1.165) is 11.3 Å². The van der Waals surface area contributed by atoms with Crippen molar-refractivity contribution in [2.45, 2.75) is 37.8 Å². The van der Waals surface area contributed by atoms with E-state index in [1.165, 1.54) is 10.4 Å². The number of hydrogen-bond donors (Lipinski definition) is 1. The first kappa shape index (κ1) is 12.5. The smallest absolute Gasteiger partial charge is 0.345 e. The van der Waals surface area contributed by atoms with Gasteiger partial charge in [-0.05, 0) is 26.8 Å². The molecule has 0 saturated carbocycles. The van der Waals surface area contributed by atoms with Crippen LogP contribution in [0.1, 0.15) is 35.3 Å². The second-order valence-corrected chi connectivity index (χ2v) is 7.85. The van der Waals surface area contributed by atoms with E-state index in [2.05, 4.69) is 0 Å². The highest BCUT2D eigenvalue weighted by Crippen LogP contribution is 2.40. The quantitative estimate of drug-likeness (QED) is 0.847. The molecule has 0 bridgehead atoms. The predicted octanol–water partition coefficient (Wildman–Crippen LogP) is 1.75. The molecule has 1 N–H and O–H groups in total. The fourth-order valence-electron chi connectivity index (χ4n) is 1.78. The summed E-state index contributed by atoms with van der Waals surface area (Å²) in [6.45, 7) is 5.72. The second kappa shape index (κ2) is 3.54.